The number of hydrogen-bond acceptors (Lipinski definition) is 5. The Morgan fingerprint density at radius 3 is 2.26 bits per heavy atom. The Morgan fingerprint density at radius 2 is 1.66 bits per heavy atom. The summed E-state index contributed by atoms with van der Waals surface area (Å²) in [6.07, 6.45) is 1.21. The summed E-state index contributed by atoms with van der Waals surface area (Å²) in [5.41, 5.74) is -0.979. The van der Waals surface area contributed by atoms with E-state index in [1.807, 2.05) is 0 Å². The number of benzene rings is 1. The maximum absolute atomic E-state index is 13.4. The van der Waals surface area contributed by atoms with Crippen molar-refractivity contribution in [2.24, 2.45) is 0 Å². The van der Waals surface area contributed by atoms with Crippen molar-refractivity contribution in [3.05, 3.63) is 29.8 Å². The van der Waals surface area contributed by atoms with Crippen LogP contribution in [0.25, 0.3) is 0 Å². The van der Waals surface area contributed by atoms with E-state index in [1.54, 1.807) is 4.90 Å². The predicted molar refractivity (Wildman–Crippen MR) is 124 cm³/mol. The molecule has 0 bridgehead atoms. The van der Waals surface area contributed by atoms with Gasteiger partial charge in [0.2, 0.25) is 15.9 Å². The molecule has 0 atom stereocenters. The van der Waals surface area contributed by atoms with E-state index in [9.17, 15) is 31.5 Å². The average Bonchev–Trinajstić information content (AvgIpc) is 3.65. The molecule has 196 valence electrons. The second kappa shape index (κ2) is 10.7. The van der Waals surface area contributed by atoms with Crippen LogP contribution in [0, 0.1) is 0 Å². The van der Waals surface area contributed by atoms with Crippen molar-refractivity contribution >= 4 is 15.9 Å². The standard InChI is InChI=1S/C24H34F3N3O4S/c25-24(26,27)17-2-1-3-22(16-17)35(33,34)30(19-6-7-19)20-11-14-29(15-12-20)23(32)10-13-28-18-4-8-21(31)9-5-18/h1-3,16,18-21,28,31H,4-15H2/t18-,21-. The Hall–Kier alpha value is -1.69. The van der Waals surface area contributed by atoms with Crippen molar-refractivity contribution in [1.82, 2.24) is 14.5 Å². The van der Waals surface area contributed by atoms with E-state index in [-0.39, 0.29) is 29.0 Å². The normalized spacial score (nSPS) is 24.7. The molecule has 1 aromatic carbocycles. The van der Waals surface area contributed by atoms with Gasteiger partial charge in [0.05, 0.1) is 16.6 Å². The van der Waals surface area contributed by atoms with Gasteiger partial charge in [-0.3, -0.25) is 4.79 Å². The monoisotopic (exact) mass is 517 g/mol. The number of sulfonamides is 1. The molecule has 3 fully saturated rings. The van der Waals surface area contributed by atoms with Crippen LogP contribution in [0.1, 0.15) is 63.4 Å². The van der Waals surface area contributed by atoms with Gasteiger partial charge in [-0.15, -0.1) is 0 Å². The van der Waals surface area contributed by atoms with Gasteiger partial charge in [0.25, 0.3) is 0 Å². The number of halogens is 3. The Morgan fingerprint density at radius 1 is 1.03 bits per heavy atom. The quantitative estimate of drug-likeness (QED) is 0.553. The van der Waals surface area contributed by atoms with Crippen molar-refractivity contribution in [2.75, 3.05) is 19.6 Å². The maximum Gasteiger partial charge on any atom is 0.416 e. The fourth-order valence-corrected chi connectivity index (χ4v) is 7.14. The highest BCUT2D eigenvalue weighted by Crippen LogP contribution is 2.38. The molecule has 1 aliphatic heterocycles. The second-order valence-electron chi connectivity index (χ2n) is 9.91. The largest absolute Gasteiger partial charge is 0.416 e. The van der Waals surface area contributed by atoms with Gasteiger partial charge in [0, 0.05) is 44.2 Å². The Kier molecular flexibility index (Phi) is 8.09. The first-order valence-corrected chi connectivity index (χ1v) is 13.9. The number of aliphatic hydroxyl groups excluding tert-OH is 1. The minimum atomic E-state index is -4.62. The van der Waals surface area contributed by atoms with Crippen LogP contribution in [-0.4, -0.2) is 72.5 Å². The summed E-state index contributed by atoms with van der Waals surface area (Å²) >= 11 is 0. The SMILES string of the molecule is O=C(CCN[C@H]1CC[C@H](O)CC1)N1CCC(N(C2CC2)S(=O)(=O)c2cccc(C(F)(F)F)c2)CC1. The highest BCUT2D eigenvalue weighted by molar-refractivity contribution is 7.89. The molecular formula is C24H34F3N3O4S. The minimum Gasteiger partial charge on any atom is -0.393 e. The Labute approximate surface area is 204 Å². The first-order chi connectivity index (χ1) is 16.6. The van der Waals surface area contributed by atoms with Gasteiger partial charge in [-0.25, -0.2) is 8.42 Å². The van der Waals surface area contributed by atoms with Crippen LogP contribution in [0.15, 0.2) is 29.2 Å². The Balaban J connectivity index is 1.33. The third kappa shape index (κ3) is 6.55. The van der Waals surface area contributed by atoms with Gasteiger partial charge in [-0.05, 0) is 69.6 Å². The summed E-state index contributed by atoms with van der Waals surface area (Å²) < 4.78 is 67.6. The number of hydrogen-bond donors (Lipinski definition) is 2. The zero-order valence-electron chi connectivity index (χ0n) is 19.7. The van der Waals surface area contributed by atoms with Crippen molar-refractivity contribution in [3.8, 4) is 0 Å². The summed E-state index contributed by atoms with van der Waals surface area (Å²) in [5.74, 6) is 0.0190. The van der Waals surface area contributed by atoms with Crippen molar-refractivity contribution in [3.63, 3.8) is 0 Å². The van der Waals surface area contributed by atoms with E-state index >= 15 is 0 Å². The lowest BCUT2D eigenvalue weighted by Gasteiger charge is -2.38. The molecule has 11 heteroatoms. The lowest BCUT2D eigenvalue weighted by atomic mass is 9.93. The summed E-state index contributed by atoms with van der Waals surface area (Å²) in [6, 6.07) is 3.73. The van der Waals surface area contributed by atoms with Gasteiger partial charge in [-0.2, -0.15) is 17.5 Å². The first-order valence-electron chi connectivity index (χ1n) is 12.5. The van der Waals surface area contributed by atoms with Gasteiger partial charge >= 0.3 is 6.18 Å². The van der Waals surface area contributed by atoms with Gasteiger partial charge in [0.1, 0.15) is 0 Å². The van der Waals surface area contributed by atoms with E-state index < -0.39 is 21.8 Å². The zero-order valence-corrected chi connectivity index (χ0v) is 20.5. The molecular weight excluding hydrogens is 483 g/mol. The highest BCUT2D eigenvalue weighted by Gasteiger charge is 2.44. The van der Waals surface area contributed by atoms with Crippen LogP contribution in [-0.2, 0) is 21.0 Å². The number of nitrogens with zero attached hydrogens (tertiary/aromatic N) is 2. The van der Waals surface area contributed by atoms with Gasteiger partial charge in [0.15, 0.2) is 0 Å². The third-order valence-corrected chi connectivity index (χ3v) is 9.29. The smallest absolute Gasteiger partial charge is 0.393 e. The number of alkyl halides is 3. The molecule has 2 aliphatic carbocycles. The number of nitrogens with one attached hydrogen (secondary N) is 1. The first kappa shape index (κ1) is 26.4. The summed E-state index contributed by atoms with van der Waals surface area (Å²) in [4.78, 5) is 14.1. The molecule has 2 saturated carbocycles. The molecule has 35 heavy (non-hydrogen) atoms. The molecule has 0 radical (unpaired) electrons. The lowest BCUT2D eigenvalue weighted by Crippen LogP contribution is -2.50. The van der Waals surface area contributed by atoms with Crippen molar-refractivity contribution in [1.29, 1.82) is 0 Å². The number of aliphatic hydroxyl groups is 1. The molecule has 4 rings (SSSR count). The van der Waals surface area contributed by atoms with Crippen molar-refractivity contribution in [2.45, 2.75) is 93.1 Å². The van der Waals surface area contributed by atoms with E-state index in [0.717, 1.165) is 37.8 Å². The number of rotatable bonds is 8. The number of amides is 1. The highest BCUT2D eigenvalue weighted by atomic mass is 32.2. The minimum absolute atomic E-state index is 0.0190. The van der Waals surface area contributed by atoms with Gasteiger partial charge < -0.3 is 15.3 Å². The zero-order chi connectivity index (χ0) is 25.2. The number of carbonyl (C=O) groups is 1. The van der Waals surface area contributed by atoms with Crippen LogP contribution in [0.2, 0.25) is 0 Å². The molecule has 1 aromatic rings. The van der Waals surface area contributed by atoms with Crippen molar-refractivity contribution < 1.29 is 31.5 Å². The fourth-order valence-electron chi connectivity index (χ4n) is 5.17. The summed E-state index contributed by atoms with van der Waals surface area (Å²) in [5, 5.41) is 13.0. The molecule has 7 nitrogen and oxygen atoms in total. The van der Waals surface area contributed by atoms with Crippen LogP contribution >= 0.6 is 0 Å². The molecule has 2 N–H and O–H groups in total. The molecule has 0 unspecified atom stereocenters. The average molecular weight is 518 g/mol. The van der Waals surface area contributed by atoms with Crippen LogP contribution < -0.4 is 5.32 Å². The van der Waals surface area contributed by atoms with E-state index in [4.69, 9.17) is 0 Å². The molecule has 0 aromatic heterocycles. The summed E-state index contributed by atoms with van der Waals surface area (Å²) in [6.45, 7) is 1.43. The number of likely N-dealkylation sites (tertiary alicyclic amines) is 1. The topological polar surface area (TPSA) is 89.9 Å². The lowest BCUT2D eigenvalue weighted by molar-refractivity contribution is -0.137. The number of piperidine rings is 1. The van der Waals surface area contributed by atoms with Gasteiger partial charge in [-0.1, -0.05) is 6.07 Å². The van der Waals surface area contributed by atoms with Crippen LogP contribution in [0.4, 0.5) is 13.2 Å². The van der Waals surface area contributed by atoms with E-state index in [1.165, 1.54) is 10.4 Å². The third-order valence-electron chi connectivity index (χ3n) is 7.29. The number of carbonyl (C=O) groups excluding carboxylic acids is 1. The Bertz CT molecular complexity index is 984. The molecule has 3 aliphatic rings. The molecule has 1 heterocycles. The predicted octanol–water partition coefficient (Wildman–Crippen LogP) is 3.13. The van der Waals surface area contributed by atoms with E-state index in [0.29, 0.717) is 63.8 Å². The maximum atomic E-state index is 13.4. The van der Waals surface area contributed by atoms with E-state index in [2.05, 4.69) is 5.32 Å². The molecule has 1 amide bonds. The second-order valence-corrected chi connectivity index (χ2v) is 11.8. The molecule has 0 spiro atoms. The fraction of sp³-hybridized carbons (Fsp3) is 0.708. The van der Waals surface area contributed by atoms with Crippen LogP contribution in [0.3, 0.4) is 0 Å². The summed E-state index contributed by atoms with van der Waals surface area (Å²) in [7, 11) is -4.09. The van der Waals surface area contributed by atoms with Crippen LogP contribution in [0.5, 0.6) is 0 Å². The molecule has 1 saturated heterocycles.